The minimum atomic E-state index is 0.678. The van der Waals surface area contributed by atoms with E-state index >= 15 is 0 Å². The van der Waals surface area contributed by atoms with Crippen LogP contribution in [-0.2, 0) is 0 Å². The number of pyridine rings is 1. The van der Waals surface area contributed by atoms with Crippen molar-refractivity contribution in [1.29, 1.82) is 0 Å². The average Bonchev–Trinajstić information content (AvgIpc) is 3.68. The van der Waals surface area contributed by atoms with Crippen molar-refractivity contribution in [3.05, 3.63) is 200 Å². The van der Waals surface area contributed by atoms with Crippen molar-refractivity contribution in [2.24, 2.45) is 0 Å². The lowest BCUT2D eigenvalue weighted by molar-refractivity contribution is 1.18. The molecule has 0 atom stereocenters. The third-order valence-electron chi connectivity index (χ3n) is 10.9. The van der Waals surface area contributed by atoms with Gasteiger partial charge in [-0.1, -0.05) is 176 Å². The molecule has 4 heteroatoms. The normalized spacial score (nSPS) is 11.5. The molecule has 0 bridgehead atoms. The topological polar surface area (TPSA) is 38.7 Å². The highest BCUT2D eigenvalue weighted by atomic mass is 32.1. The monoisotopic (exact) mass is 743 g/mol. The Bertz CT molecular complexity index is 3150. The smallest absolute Gasteiger partial charge is 0.160 e. The van der Waals surface area contributed by atoms with E-state index in [-0.39, 0.29) is 0 Å². The van der Waals surface area contributed by atoms with Gasteiger partial charge in [0.15, 0.2) is 5.82 Å². The van der Waals surface area contributed by atoms with Crippen LogP contribution >= 0.6 is 11.3 Å². The molecule has 0 amide bonds. The molecule has 0 saturated carbocycles. The molecule has 0 aliphatic rings. The molecule has 0 saturated heterocycles. The van der Waals surface area contributed by atoms with Crippen molar-refractivity contribution in [2.75, 3.05) is 0 Å². The SMILES string of the molecule is c1ccc(-c2ccc(-c3cc(-c4ccc5c(c4)nc(-c4ccccc4)c4ccc6sc7ccccc7c6c45)nc(-c4ccc(-c5ccccc5)cc4)n3)cc2)cc1. The fourth-order valence-electron chi connectivity index (χ4n) is 8.06. The van der Waals surface area contributed by atoms with E-state index in [0.29, 0.717) is 5.82 Å². The molecule has 57 heavy (non-hydrogen) atoms. The van der Waals surface area contributed by atoms with Gasteiger partial charge in [-0.05, 0) is 46.5 Å². The summed E-state index contributed by atoms with van der Waals surface area (Å²) < 4.78 is 2.57. The van der Waals surface area contributed by atoms with Gasteiger partial charge < -0.3 is 0 Å². The van der Waals surface area contributed by atoms with Crippen LogP contribution in [0.1, 0.15) is 0 Å². The molecule has 11 rings (SSSR count). The Morgan fingerprint density at radius 3 is 1.47 bits per heavy atom. The zero-order valence-corrected chi connectivity index (χ0v) is 31.6. The Hall–Kier alpha value is -7.27. The lowest BCUT2D eigenvalue weighted by Crippen LogP contribution is -1.97. The summed E-state index contributed by atoms with van der Waals surface area (Å²) in [4.78, 5) is 15.9. The predicted molar refractivity (Wildman–Crippen MR) is 240 cm³/mol. The highest BCUT2D eigenvalue weighted by Crippen LogP contribution is 2.44. The zero-order chi connectivity index (χ0) is 37.7. The van der Waals surface area contributed by atoms with Crippen LogP contribution in [-0.4, -0.2) is 15.0 Å². The predicted octanol–water partition coefficient (Wildman–Crippen LogP) is 14.5. The van der Waals surface area contributed by atoms with E-state index in [9.17, 15) is 0 Å². The maximum Gasteiger partial charge on any atom is 0.160 e. The van der Waals surface area contributed by atoms with Crippen molar-refractivity contribution < 1.29 is 0 Å². The Morgan fingerprint density at radius 2 is 0.807 bits per heavy atom. The van der Waals surface area contributed by atoms with Gasteiger partial charge in [0.05, 0.1) is 22.6 Å². The summed E-state index contributed by atoms with van der Waals surface area (Å²) >= 11 is 1.85. The zero-order valence-electron chi connectivity index (χ0n) is 30.8. The summed E-state index contributed by atoms with van der Waals surface area (Å²) in [5.74, 6) is 0.678. The van der Waals surface area contributed by atoms with E-state index in [2.05, 4.69) is 188 Å². The van der Waals surface area contributed by atoms with Gasteiger partial charge in [0.25, 0.3) is 0 Å². The summed E-state index contributed by atoms with van der Waals surface area (Å²) in [5.41, 5.74) is 12.4. The molecule has 0 aliphatic carbocycles. The third-order valence-corrected chi connectivity index (χ3v) is 12.0. The summed E-state index contributed by atoms with van der Waals surface area (Å²) in [7, 11) is 0. The lowest BCUT2D eigenvalue weighted by atomic mass is 9.95. The Labute approximate surface area is 334 Å². The lowest BCUT2D eigenvalue weighted by Gasteiger charge is -2.14. The van der Waals surface area contributed by atoms with Crippen LogP contribution in [0.5, 0.6) is 0 Å². The molecule has 3 aromatic heterocycles. The van der Waals surface area contributed by atoms with Crippen LogP contribution in [0.25, 0.3) is 109 Å². The molecule has 3 nitrogen and oxygen atoms in total. The first-order valence-corrected chi connectivity index (χ1v) is 20.0. The second-order valence-corrected chi connectivity index (χ2v) is 15.5. The maximum atomic E-state index is 5.43. The van der Waals surface area contributed by atoms with Crippen molar-refractivity contribution in [3.8, 4) is 67.4 Å². The van der Waals surface area contributed by atoms with Gasteiger partial charge in [0.2, 0.25) is 0 Å². The minimum absolute atomic E-state index is 0.678. The van der Waals surface area contributed by atoms with E-state index in [1.165, 1.54) is 42.2 Å². The Kier molecular flexibility index (Phi) is 8.01. The first-order valence-electron chi connectivity index (χ1n) is 19.2. The third kappa shape index (κ3) is 5.95. The summed E-state index contributed by atoms with van der Waals surface area (Å²) in [6, 6.07) is 70.7. The quantitative estimate of drug-likeness (QED) is 0.159. The molecule has 0 fully saturated rings. The van der Waals surface area contributed by atoms with Gasteiger partial charge in [-0.3, -0.25) is 0 Å². The molecular weight excluding hydrogens is 711 g/mol. The Morgan fingerprint density at radius 1 is 0.298 bits per heavy atom. The number of thiophene rings is 1. The van der Waals surface area contributed by atoms with Crippen LogP contribution in [0.4, 0.5) is 0 Å². The van der Waals surface area contributed by atoms with Crippen LogP contribution < -0.4 is 0 Å². The van der Waals surface area contributed by atoms with Crippen LogP contribution in [0, 0.1) is 0 Å². The van der Waals surface area contributed by atoms with E-state index in [0.717, 1.165) is 61.2 Å². The fourth-order valence-corrected chi connectivity index (χ4v) is 9.18. The summed E-state index contributed by atoms with van der Waals surface area (Å²) in [6.07, 6.45) is 0. The van der Waals surface area contributed by atoms with Gasteiger partial charge in [-0.2, -0.15) is 0 Å². The molecule has 8 aromatic carbocycles. The molecule has 3 heterocycles. The number of hydrogen-bond acceptors (Lipinski definition) is 4. The van der Waals surface area contributed by atoms with Gasteiger partial charge in [0.1, 0.15) is 0 Å². The molecular formula is C53H33N3S. The molecule has 0 radical (unpaired) electrons. The molecule has 0 N–H and O–H groups in total. The van der Waals surface area contributed by atoms with Crippen molar-refractivity contribution >= 4 is 53.2 Å². The largest absolute Gasteiger partial charge is 0.247 e. The van der Waals surface area contributed by atoms with Gasteiger partial charge >= 0.3 is 0 Å². The molecule has 0 spiro atoms. The van der Waals surface area contributed by atoms with Crippen molar-refractivity contribution in [3.63, 3.8) is 0 Å². The highest BCUT2D eigenvalue weighted by molar-refractivity contribution is 7.26. The number of rotatable bonds is 6. The van der Waals surface area contributed by atoms with Crippen LogP contribution in [0.15, 0.2) is 200 Å². The van der Waals surface area contributed by atoms with Gasteiger partial charge in [-0.15, -0.1) is 11.3 Å². The van der Waals surface area contributed by atoms with Crippen molar-refractivity contribution in [1.82, 2.24) is 15.0 Å². The average molecular weight is 744 g/mol. The number of hydrogen-bond donors (Lipinski definition) is 0. The van der Waals surface area contributed by atoms with Gasteiger partial charge in [-0.25, -0.2) is 15.0 Å². The van der Waals surface area contributed by atoms with Gasteiger partial charge in [0, 0.05) is 58.6 Å². The second kappa shape index (κ2) is 13.8. The number of aromatic nitrogens is 3. The minimum Gasteiger partial charge on any atom is -0.247 e. The molecule has 11 aromatic rings. The standard InChI is InChI=1S/C53H33N3S/c1-4-12-34(13-5-1)36-20-24-38(25-21-36)45-33-46(56-53(55-45)40-26-22-37(23-27-40)35-14-6-2-7-15-35)41-28-29-42-47(32-41)54-52(39-16-8-3-9-17-39)44-30-31-49-51(50(42)44)43-18-10-11-19-48(43)57-49/h1-33H. The first kappa shape index (κ1) is 33.1. The molecule has 266 valence electrons. The van der Waals surface area contributed by atoms with Crippen molar-refractivity contribution in [2.45, 2.75) is 0 Å². The highest BCUT2D eigenvalue weighted by Gasteiger charge is 2.18. The van der Waals surface area contributed by atoms with E-state index < -0.39 is 0 Å². The Balaban J connectivity index is 1.11. The van der Waals surface area contributed by atoms with E-state index in [1.54, 1.807) is 0 Å². The number of nitrogens with zero attached hydrogens (tertiary/aromatic N) is 3. The van der Waals surface area contributed by atoms with Crippen LogP contribution in [0.2, 0.25) is 0 Å². The summed E-state index contributed by atoms with van der Waals surface area (Å²) in [6.45, 7) is 0. The van der Waals surface area contributed by atoms with Crippen LogP contribution in [0.3, 0.4) is 0 Å². The number of benzene rings is 8. The van der Waals surface area contributed by atoms with E-state index in [4.69, 9.17) is 15.0 Å². The summed E-state index contributed by atoms with van der Waals surface area (Å²) in [5, 5.41) is 6.09. The van der Waals surface area contributed by atoms with E-state index in [1.807, 2.05) is 23.5 Å². The maximum absolute atomic E-state index is 5.43. The first-order chi connectivity index (χ1) is 28.2. The second-order valence-electron chi connectivity index (χ2n) is 14.4. The molecule has 0 aliphatic heterocycles. The number of fused-ring (bicyclic) bond motifs is 7. The fraction of sp³-hybridized carbons (Fsp3) is 0. The molecule has 0 unspecified atom stereocenters.